The fourth-order valence-electron chi connectivity index (χ4n) is 3.05. The maximum absolute atomic E-state index is 13.3. The van der Waals surface area contributed by atoms with Crippen LogP contribution >= 0.6 is 0 Å². The highest BCUT2D eigenvalue weighted by molar-refractivity contribution is 7.88. The Morgan fingerprint density at radius 2 is 2.05 bits per heavy atom. The summed E-state index contributed by atoms with van der Waals surface area (Å²) in [6, 6.07) is 0. The van der Waals surface area contributed by atoms with E-state index < -0.39 is 57.8 Å². The second kappa shape index (κ2) is 3.99. The fourth-order valence-corrected chi connectivity index (χ4v) is 4.85. The van der Waals surface area contributed by atoms with Crippen molar-refractivity contribution in [2.24, 2.45) is 0 Å². The first-order chi connectivity index (χ1) is 9.51. The van der Waals surface area contributed by atoms with Gasteiger partial charge in [0.15, 0.2) is 6.10 Å². The number of hydrogen-bond donors (Lipinski definition) is 0. The predicted octanol–water partition coefficient (Wildman–Crippen LogP) is 0.675. The average Bonchev–Trinajstić information content (AvgIpc) is 2.89. The zero-order valence-electron chi connectivity index (χ0n) is 10.7. The number of esters is 1. The first-order valence-electron chi connectivity index (χ1n) is 6.03. The molecule has 3 rings (SSSR count). The average molecular weight is 328 g/mol. The SMILES string of the molecule is C=C(C)C(=O)OC1C2CC3(C(F)(F)F)C(O2)C1OS3(=O)=O. The molecule has 118 valence electrons. The van der Waals surface area contributed by atoms with Crippen molar-refractivity contribution < 1.29 is 40.0 Å². The van der Waals surface area contributed by atoms with Crippen molar-refractivity contribution in [3.63, 3.8) is 0 Å². The number of rotatable bonds is 2. The first-order valence-corrected chi connectivity index (χ1v) is 7.43. The van der Waals surface area contributed by atoms with Crippen molar-refractivity contribution in [1.29, 1.82) is 0 Å². The normalized spacial score (nSPS) is 43.0. The maximum atomic E-state index is 13.3. The lowest BCUT2D eigenvalue weighted by Gasteiger charge is -2.30. The van der Waals surface area contributed by atoms with Gasteiger partial charge in [0, 0.05) is 12.0 Å². The third kappa shape index (κ3) is 1.66. The number of alkyl halides is 3. The largest absolute Gasteiger partial charge is 0.453 e. The third-order valence-electron chi connectivity index (χ3n) is 4.03. The molecule has 3 fully saturated rings. The first kappa shape index (κ1) is 14.8. The fraction of sp³-hybridized carbons (Fsp3) is 0.727. The molecule has 2 bridgehead atoms. The Morgan fingerprint density at radius 3 is 2.57 bits per heavy atom. The van der Waals surface area contributed by atoms with E-state index in [1.807, 2.05) is 0 Å². The highest BCUT2D eigenvalue weighted by atomic mass is 32.2. The predicted molar refractivity (Wildman–Crippen MR) is 60.6 cm³/mol. The van der Waals surface area contributed by atoms with Crippen LogP contribution in [0.25, 0.3) is 0 Å². The molecule has 0 saturated carbocycles. The summed E-state index contributed by atoms with van der Waals surface area (Å²) in [6.45, 7) is 4.71. The Hall–Kier alpha value is -1.13. The molecule has 21 heavy (non-hydrogen) atoms. The molecule has 3 saturated heterocycles. The van der Waals surface area contributed by atoms with Gasteiger partial charge in [-0.1, -0.05) is 6.58 Å². The number of ether oxygens (including phenoxy) is 2. The van der Waals surface area contributed by atoms with Crippen LogP contribution in [0.2, 0.25) is 0 Å². The summed E-state index contributed by atoms with van der Waals surface area (Å²) in [5.41, 5.74) is 0.0423. The van der Waals surface area contributed by atoms with Crippen LogP contribution in [0.4, 0.5) is 13.2 Å². The van der Waals surface area contributed by atoms with Crippen LogP contribution < -0.4 is 0 Å². The van der Waals surface area contributed by atoms with E-state index in [0.717, 1.165) is 0 Å². The molecule has 0 aliphatic carbocycles. The maximum Gasteiger partial charge on any atom is 0.413 e. The highest BCUT2D eigenvalue weighted by Crippen LogP contribution is 2.60. The smallest absolute Gasteiger partial charge is 0.413 e. The van der Waals surface area contributed by atoms with E-state index in [1.165, 1.54) is 6.92 Å². The molecule has 3 aliphatic heterocycles. The zero-order chi connectivity index (χ0) is 15.8. The summed E-state index contributed by atoms with van der Waals surface area (Å²) in [5.74, 6) is -0.832. The molecule has 0 aromatic carbocycles. The molecule has 5 unspecified atom stereocenters. The molecule has 0 amide bonds. The topological polar surface area (TPSA) is 78.9 Å². The molecule has 6 nitrogen and oxygen atoms in total. The van der Waals surface area contributed by atoms with Crippen molar-refractivity contribution in [3.8, 4) is 0 Å². The lowest BCUT2D eigenvalue weighted by Crippen LogP contribution is -2.57. The quantitative estimate of drug-likeness (QED) is 0.421. The molecule has 3 aliphatic rings. The summed E-state index contributed by atoms with van der Waals surface area (Å²) in [4.78, 5) is 11.5. The highest BCUT2D eigenvalue weighted by Gasteiger charge is 2.84. The van der Waals surface area contributed by atoms with E-state index in [-0.39, 0.29) is 5.57 Å². The number of carbonyl (C=O) groups is 1. The van der Waals surface area contributed by atoms with Crippen LogP contribution in [0.5, 0.6) is 0 Å². The van der Waals surface area contributed by atoms with E-state index in [4.69, 9.17) is 9.47 Å². The minimum absolute atomic E-state index is 0.0423. The van der Waals surface area contributed by atoms with E-state index in [1.54, 1.807) is 0 Å². The molecule has 0 aromatic heterocycles. The van der Waals surface area contributed by atoms with Gasteiger partial charge in [0.05, 0.1) is 6.10 Å². The summed E-state index contributed by atoms with van der Waals surface area (Å²) in [6.07, 6.45) is -11.4. The second-order valence-electron chi connectivity index (χ2n) is 5.35. The van der Waals surface area contributed by atoms with Gasteiger partial charge in [-0.3, -0.25) is 4.18 Å². The van der Waals surface area contributed by atoms with Gasteiger partial charge < -0.3 is 9.47 Å². The Bertz CT molecular complexity index is 626. The zero-order valence-corrected chi connectivity index (χ0v) is 11.5. The standard InChI is InChI=1S/C11H11F3O6S/c1-4(2)9(15)19-6-5-3-10(11(12,13)14)8(18-5)7(6)20-21(10,16)17/h5-8H,1,3H2,2H3. The van der Waals surface area contributed by atoms with Crippen molar-refractivity contribution in [2.75, 3.05) is 0 Å². The van der Waals surface area contributed by atoms with Gasteiger partial charge in [-0.2, -0.15) is 21.6 Å². The molecular formula is C11H11F3O6S. The molecule has 0 spiro atoms. The van der Waals surface area contributed by atoms with Gasteiger partial charge in [0.1, 0.15) is 12.2 Å². The van der Waals surface area contributed by atoms with E-state index in [0.29, 0.717) is 0 Å². The van der Waals surface area contributed by atoms with Gasteiger partial charge in [-0.15, -0.1) is 0 Å². The molecule has 0 radical (unpaired) electrons. The van der Waals surface area contributed by atoms with Crippen molar-refractivity contribution in [2.45, 2.75) is 48.7 Å². The molecule has 3 heterocycles. The summed E-state index contributed by atoms with van der Waals surface area (Å²) in [5, 5.41) is 0. The lowest BCUT2D eigenvalue weighted by molar-refractivity contribution is -0.174. The van der Waals surface area contributed by atoms with Crippen molar-refractivity contribution in [3.05, 3.63) is 12.2 Å². The van der Waals surface area contributed by atoms with E-state index in [9.17, 15) is 26.4 Å². The minimum atomic E-state index is -5.02. The van der Waals surface area contributed by atoms with Gasteiger partial charge in [-0.25, -0.2) is 4.79 Å². The Labute approximate surface area is 118 Å². The number of carbonyl (C=O) groups excluding carboxylic acids is 1. The van der Waals surface area contributed by atoms with Gasteiger partial charge in [-0.05, 0) is 6.92 Å². The van der Waals surface area contributed by atoms with Crippen molar-refractivity contribution in [1.82, 2.24) is 0 Å². The van der Waals surface area contributed by atoms with Crippen LogP contribution in [-0.2, 0) is 28.6 Å². The Morgan fingerprint density at radius 1 is 1.43 bits per heavy atom. The van der Waals surface area contributed by atoms with E-state index >= 15 is 0 Å². The third-order valence-corrected chi connectivity index (χ3v) is 6.03. The van der Waals surface area contributed by atoms with E-state index in [2.05, 4.69) is 10.8 Å². The number of fused-ring (bicyclic) bond motifs is 1. The molecule has 10 heteroatoms. The molecule has 0 aromatic rings. The summed E-state index contributed by atoms with van der Waals surface area (Å²) in [7, 11) is -4.90. The van der Waals surface area contributed by atoms with Crippen LogP contribution in [0.15, 0.2) is 12.2 Å². The minimum Gasteiger partial charge on any atom is -0.453 e. The number of hydrogen-bond acceptors (Lipinski definition) is 6. The summed E-state index contributed by atoms with van der Waals surface area (Å²) >= 11 is 0. The van der Waals surface area contributed by atoms with Crippen LogP contribution in [0, 0.1) is 0 Å². The second-order valence-corrected chi connectivity index (χ2v) is 7.18. The van der Waals surface area contributed by atoms with Crippen LogP contribution in [0.3, 0.4) is 0 Å². The van der Waals surface area contributed by atoms with Gasteiger partial charge in [0.2, 0.25) is 4.75 Å². The monoisotopic (exact) mass is 328 g/mol. The number of halogens is 3. The van der Waals surface area contributed by atoms with Crippen molar-refractivity contribution >= 4 is 16.1 Å². The van der Waals surface area contributed by atoms with Gasteiger partial charge in [0.25, 0.3) is 10.1 Å². The summed E-state index contributed by atoms with van der Waals surface area (Å²) < 4.78 is 75.0. The molecule has 5 atom stereocenters. The lowest BCUT2D eigenvalue weighted by atomic mass is 9.84. The molecule has 0 N–H and O–H groups in total. The van der Waals surface area contributed by atoms with Crippen LogP contribution in [0.1, 0.15) is 13.3 Å². The Kier molecular flexibility index (Phi) is 2.81. The van der Waals surface area contributed by atoms with Gasteiger partial charge >= 0.3 is 12.1 Å². The Balaban J connectivity index is 1.96. The molecular weight excluding hydrogens is 317 g/mol. The van der Waals surface area contributed by atoms with Crippen LogP contribution in [-0.4, -0.2) is 49.7 Å².